The summed E-state index contributed by atoms with van der Waals surface area (Å²) in [7, 11) is 0. The second kappa shape index (κ2) is 4.97. The van der Waals surface area contributed by atoms with Crippen molar-refractivity contribution in [3.63, 3.8) is 0 Å². The fourth-order valence-corrected chi connectivity index (χ4v) is 1.07. The Hall–Kier alpha value is -2.08. The molecule has 0 saturated heterocycles. The van der Waals surface area contributed by atoms with Crippen LogP contribution in [-0.2, 0) is 4.79 Å². The van der Waals surface area contributed by atoms with Crippen molar-refractivity contribution in [3.8, 4) is 11.8 Å². The number of amides is 1. The van der Waals surface area contributed by atoms with Crippen molar-refractivity contribution in [2.45, 2.75) is 13.3 Å². The lowest BCUT2D eigenvalue weighted by molar-refractivity contribution is -0.117. The molecule has 0 saturated carbocycles. The van der Waals surface area contributed by atoms with Gasteiger partial charge in [-0.3, -0.25) is 9.59 Å². The topological polar surface area (TPSA) is 60.2 Å². The minimum absolute atomic E-state index is 0.0325. The fraction of sp³-hybridized carbons (Fsp3) is 0.167. The van der Waals surface area contributed by atoms with Crippen LogP contribution < -0.4 is 5.73 Å². The van der Waals surface area contributed by atoms with Gasteiger partial charge in [0.25, 0.3) is 0 Å². The molecule has 3 heteroatoms. The third-order valence-electron chi connectivity index (χ3n) is 1.88. The molecule has 0 bridgehead atoms. The Balaban J connectivity index is 2.95. The zero-order valence-electron chi connectivity index (χ0n) is 8.41. The van der Waals surface area contributed by atoms with Gasteiger partial charge >= 0.3 is 0 Å². The summed E-state index contributed by atoms with van der Waals surface area (Å²) in [5.41, 5.74) is 7.25. The molecule has 1 aromatic rings. The summed E-state index contributed by atoms with van der Waals surface area (Å²) in [5, 5.41) is 0. The van der Waals surface area contributed by atoms with Crippen LogP contribution in [-0.4, -0.2) is 12.2 Å². The number of hydrogen-bond donors (Lipinski definition) is 1. The summed E-state index contributed by atoms with van der Waals surface area (Å²) in [4.78, 5) is 21.0. The molecule has 0 spiro atoms. The van der Waals surface area contributed by atoms with Crippen molar-refractivity contribution in [3.05, 3.63) is 34.9 Å². The van der Waals surface area contributed by atoms with Gasteiger partial charge in [0.1, 0.15) is 6.29 Å². The van der Waals surface area contributed by atoms with E-state index in [2.05, 4.69) is 11.8 Å². The molecule has 2 N–H and O–H groups in total. The van der Waals surface area contributed by atoms with Crippen LogP contribution >= 0.6 is 0 Å². The number of benzene rings is 1. The SMILES string of the molecule is Cc1ccc(C=O)cc1C#CCC(N)=O. The summed E-state index contributed by atoms with van der Waals surface area (Å²) < 4.78 is 0. The van der Waals surface area contributed by atoms with E-state index >= 15 is 0 Å². The van der Waals surface area contributed by atoms with E-state index in [4.69, 9.17) is 5.73 Å². The molecule has 0 atom stereocenters. The van der Waals surface area contributed by atoms with Gasteiger partial charge in [0.05, 0.1) is 6.42 Å². The van der Waals surface area contributed by atoms with E-state index in [1.165, 1.54) is 0 Å². The highest BCUT2D eigenvalue weighted by molar-refractivity contribution is 5.77. The number of carbonyl (C=O) groups is 2. The molecular weight excluding hydrogens is 190 g/mol. The molecule has 0 fully saturated rings. The van der Waals surface area contributed by atoms with Gasteiger partial charge in [-0.05, 0) is 18.6 Å². The summed E-state index contributed by atoms with van der Waals surface area (Å²) in [6.07, 6.45) is 0.795. The van der Waals surface area contributed by atoms with Gasteiger partial charge in [-0.25, -0.2) is 0 Å². The van der Waals surface area contributed by atoms with Crippen LogP contribution in [0.3, 0.4) is 0 Å². The van der Waals surface area contributed by atoms with Crippen LogP contribution in [0.2, 0.25) is 0 Å². The van der Waals surface area contributed by atoms with Crippen molar-refractivity contribution < 1.29 is 9.59 Å². The second-order valence-corrected chi connectivity index (χ2v) is 3.14. The van der Waals surface area contributed by atoms with Crippen LogP contribution in [0.15, 0.2) is 18.2 Å². The van der Waals surface area contributed by atoms with Crippen LogP contribution in [0.25, 0.3) is 0 Å². The first-order valence-corrected chi connectivity index (χ1v) is 4.46. The lowest BCUT2D eigenvalue weighted by Crippen LogP contribution is -2.08. The Kier molecular flexibility index (Phi) is 3.64. The largest absolute Gasteiger partial charge is 0.369 e. The average molecular weight is 201 g/mol. The molecule has 3 nitrogen and oxygen atoms in total. The Bertz CT molecular complexity index is 452. The number of nitrogens with two attached hydrogens (primary N) is 1. The van der Waals surface area contributed by atoms with Gasteiger partial charge in [-0.2, -0.15) is 0 Å². The Morgan fingerprint density at radius 1 is 1.53 bits per heavy atom. The molecule has 0 unspecified atom stereocenters. The minimum Gasteiger partial charge on any atom is -0.369 e. The first-order chi connectivity index (χ1) is 7.13. The molecule has 0 aliphatic carbocycles. The third kappa shape index (κ3) is 3.28. The predicted molar refractivity (Wildman–Crippen MR) is 57.3 cm³/mol. The maximum atomic E-state index is 10.5. The van der Waals surface area contributed by atoms with E-state index < -0.39 is 5.91 Å². The number of hydrogen-bond acceptors (Lipinski definition) is 2. The van der Waals surface area contributed by atoms with Gasteiger partial charge in [-0.1, -0.05) is 24.0 Å². The molecule has 15 heavy (non-hydrogen) atoms. The van der Waals surface area contributed by atoms with E-state index in [0.717, 1.165) is 17.4 Å². The number of primary amides is 1. The first-order valence-electron chi connectivity index (χ1n) is 4.46. The molecule has 0 heterocycles. The number of carbonyl (C=O) groups excluding carboxylic acids is 2. The lowest BCUT2D eigenvalue weighted by Gasteiger charge is -1.97. The van der Waals surface area contributed by atoms with E-state index in [9.17, 15) is 9.59 Å². The Morgan fingerprint density at radius 2 is 2.27 bits per heavy atom. The Morgan fingerprint density at radius 3 is 2.87 bits per heavy atom. The molecule has 0 aliphatic rings. The van der Waals surface area contributed by atoms with E-state index in [1.54, 1.807) is 12.1 Å². The van der Waals surface area contributed by atoms with E-state index in [-0.39, 0.29) is 6.42 Å². The second-order valence-electron chi connectivity index (χ2n) is 3.14. The van der Waals surface area contributed by atoms with E-state index in [1.807, 2.05) is 13.0 Å². The number of aryl methyl sites for hydroxylation is 1. The molecule has 1 rings (SSSR count). The molecule has 1 aromatic carbocycles. The maximum Gasteiger partial charge on any atom is 0.229 e. The molecule has 0 radical (unpaired) electrons. The van der Waals surface area contributed by atoms with Crippen LogP contribution in [0.4, 0.5) is 0 Å². The summed E-state index contributed by atoms with van der Waals surface area (Å²) in [6.45, 7) is 1.89. The van der Waals surface area contributed by atoms with E-state index in [0.29, 0.717) is 5.56 Å². The summed E-state index contributed by atoms with van der Waals surface area (Å²) in [6, 6.07) is 5.23. The Labute approximate surface area is 88.3 Å². The van der Waals surface area contributed by atoms with Crippen molar-refractivity contribution in [2.75, 3.05) is 0 Å². The quantitative estimate of drug-likeness (QED) is 0.574. The number of rotatable bonds is 2. The fourth-order valence-electron chi connectivity index (χ4n) is 1.07. The average Bonchev–Trinajstić information content (AvgIpc) is 2.20. The molecule has 76 valence electrons. The predicted octanol–water partition coefficient (Wildman–Crippen LogP) is 1.03. The smallest absolute Gasteiger partial charge is 0.229 e. The molecule has 0 aliphatic heterocycles. The highest BCUT2D eigenvalue weighted by atomic mass is 16.1. The zero-order chi connectivity index (χ0) is 11.3. The van der Waals surface area contributed by atoms with Crippen molar-refractivity contribution >= 4 is 12.2 Å². The molecule has 1 amide bonds. The van der Waals surface area contributed by atoms with Gasteiger partial charge in [0.15, 0.2) is 0 Å². The molecule has 0 aromatic heterocycles. The van der Waals surface area contributed by atoms with Gasteiger partial charge in [-0.15, -0.1) is 0 Å². The van der Waals surface area contributed by atoms with Crippen LogP contribution in [0.1, 0.15) is 27.9 Å². The summed E-state index contributed by atoms with van der Waals surface area (Å²) >= 11 is 0. The maximum absolute atomic E-state index is 10.5. The lowest BCUT2D eigenvalue weighted by atomic mass is 10.1. The van der Waals surface area contributed by atoms with Crippen molar-refractivity contribution in [1.82, 2.24) is 0 Å². The highest BCUT2D eigenvalue weighted by Crippen LogP contribution is 2.08. The summed E-state index contributed by atoms with van der Waals surface area (Å²) in [5.74, 6) is 5.01. The van der Waals surface area contributed by atoms with Gasteiger partial charge < -0.3 is 5.73 Å². The third-order valence-corrected chi connectivity index (χ3v) is 1.88. The van der Waals surface area contributed by atoms with Crippen LogP contribution in [0, 0.1) is 18.8 Å². The number of aldehydes is 1. The van der Waals surface area contributed by atoms with Gasteiger partial charge in [0, 0.05) is 11.1 Å². The highest BCUT2D eigenvalue weighted by Gasteiger charge is 1.96. The molecular formula is C12H11NO2. The normalized spacial score (nSPS) is 8.87. The first kappa shape index (κ1) is 11.0. The van der Waals surface area contributed by atoms with Crippen molar-refractivity contribution in [2.24, 2.45) is 5.73 Å². The minimum atomic E-state index is -0.452. The van der Waals surface area contributed by atoms with Crippen LogP contribution in [0.5, 0.6) is 0 Å². The van der Waals surface area contributed by atoms with Crippen molar-refractivity contribution in [1.29, 1.82) is 0 Å². The monoisotopic (exact) mass is 201 g/mol. The standard InChI is InChI=1S/C12H11NO2/c1-9-5-6-10(8-14)7-11(9)3-2-4-12(13)15/h5-8H,4H2,1H3,(H2,13,15). The van der Waals surface area contributed by atoms with Gasteiger partial charge in [0.2, 0.25) is 5.91 Å². The zero-order valence-corrected chi connectivity index (χ0v) is 8.41.